The summed E-state index contributed by atoms with van der Waals surface area (Å²) in [5.74, 6) is 4.05. The van der Waals surface area contributed by atoms with Crippen molar-refractivity contribution in [3.05, 3.63) is 115 Å². The molecular weight excluding hydrogens is 785 g/mol. The summed E-state index contributed by atoms with van der Waals surface area (Å²) in [5, 5.41) is 10.0. The number of hydrogen-bond donors (Lipinski definition) is 0. The van der Waals surface area contributed by atoms with Gasteiger partial charge < -0.3 is 9.47 Å². The van der Waals surface area contributed by atoms with E-state index in [0.29, 0.717) is 54.3 Å². The molecule has 0 fully saturated rings. The van der Waals surface area contributed by atoms with Crippen molar-refractivity contribution in [1.29, 1.82) is 0 Å². The first kappa shape index (κ1) is 39.4. The molecule has 0 saturated carbocycles. The van der Waals surface area contributed by atoms with E-state index < -0.39 is 0 Å². The average Bonchev–Trinajstić information content (AvgIpc) is 4.03. The molecule has 13 rings (SSSR count). The van der Waals surface area contributed by atoms with Crippen LogP contribution in [0.5, 0.6) is 0 Å². The minimum atomic E-state index is -0.113. The molecule has 326 valence electrons. The summed E-state index contributed by atoms with van der Waals surface area (Å²) in [5.41, 5.74) is 23.5. The van der Waals surface area contributed by atoms with Crippen molar-refractivity contribution in [2.75, 3.05) is 14.2 Å². The Kier molecular flexibility index (Phi) is 9.26. The number of esters is 2. The van der Waals surface area contributed by atoms with Crippen LogP contribution < -0.4 is 20.9 Å². The normalized spacial score (nSPS) is 26.4. The van der Waals surface area contributed by atoms with E-state index >= 15 is 0 Å². The third-order valence-corrected chi connectivity index (χ3v) is 18.1. The van der Waals surface area contributed by atoms with Crippen molar-refractivity contribution < 1.29 is 19.1 Å². The van der Waals surface area contributed by atoms with Gasteiger partial charge in [0.2, 0.25) is 0 Å². The number of benzene rings is 3. The molecule has 0 saturated heterocycles. The minimum absolute atomic E-state index is 0.103. The van der Waals surface area contributed by atoms with Gasteiger partial charge in [0.1, 0.15) is 0 Å². The van der Waals surface area contributed by atoms with Crippen LogP contribution in [0.3, 0.4) is 0 Å². The van der Waals surface area contributed by atoms with Crippen LogP contribution >= 0.6 is 0 Å². The van der Waals surface area contributed by atoms with Gasteiger partial charge in [-0.25, -0.2) is 0 Å². The largest absolute Gasteiger partial charge is 0.469 e. The highest BCUT2D eigenvalue weighted by atomic mass is 16.5. The van der Waals surface area contributed by atoms with Gasteiger partial charge in [0.15, 0.2) is 0 Å². The van der Waals surface area contributed by atoms with Crippen LogP contribution in [0.15, 0.2) is 66.3 Å². The Morgan fingerprint density at radius 1 is 0.688 bits per heavy atom. The summed E-state index contributed by atoms with van der Waals surface area (Å²) < 4.78 is 9.68. The Hall–Kier alpha value is -4.96. The number of carbonyl (C=O) groups is 2. The molecule has 64 heavy (non-hydrogen) atoms. The smallest absolute Gasteiger partial charge is 0.305 e. The van der Waals surface area contributed by atoms with Gasteiger partial charge in [-0.2, -0.15) is 0 Å². The molecule has 0 bridgehead atoms. The molecule has 10 aliphatic rings. The molecule has 4 heteroatoms. The van der Waals surface area contributed by atoms with Crippen molar-refractivity contribution in [3.63, 3.8) is 0 Å². The zero-order valence-corrected chi connectivity index (χ0v) is 38.0. The SMILES string of the molecule is C=C(/C=C\C/C=C(\C=C/C1C2=c3c1c1c4c5c6c7c8c4c3=C(CC2)C8CCC7C2C=CC3C4=c7c(c-5c-1cc7=CCC4)C3C62)CCCCCCC(=O)OC)CCCCCCC(=O)OC. The van der Waals surface area contributed by atoms with Gasteiger partial charge in [-0.15, -0.1) is 0 Å². The molecule has 3 aromatic carbocycles. The Labute approximate surface area is 378 Å². The standard InChI is InChI=1S/C60H62O4/c1-32(15-8-4-6-10-21-44(61)63-2)16-12-13-18-33(17-9-5-7-11-22-45(62)64-3)23-24-36-38-26-28-39-40-29-30-42-41-27-25-37-35-20-14-19-34-31-43-54-48(36)47(38)49(39)57-52(40)53(42)58-51(41)50(37)56(46(34)35)55(43)60(58)59(54)57/h12,16,18-19,23-25,27,31,36-37,40-42,50-51H,1,4-11,13-15,17,20-22,26,28-30H2,2-3H3/b16-12-,24-23-,33-18-. The van der Waals surface area contributed by atoms with Crippen LogP contribution in [-0.4, -0.2) is 26.2 Å². The first-order valence-corrected chi connectivity index (χ1v) is 25.4. The van der Waals surface area contributed by atoms with Crippen LogP contribution in [0.25, 0.3) is 55.8 Å². The van der Waals surface area contributed by atoms with Crippen LogP contribution in [0.1, 0.15) is 179 Å². The maximum atomic E-state index is 11.8. The predicted octanol–water partition coefficient (Wildman–Crippen LogP) is 11.4. The van der Waals surface area contributed by atoms with Crippen LogP contribution in [0.4, 0.5) is 0 Å². The Bertz CT molecular complexity index is 3050. The molecule has 0 radical (unpaired) electrons. The zero-order valence-electron chi connectivity index (χ0n) is 38.0. The lowest BCUT2D eigenvalue weighted by molar-refractivity contribution is -0.141. The number of carbonyl (C=O) groups excluding carboxylic acids is 2. The number of allylic oxidation sites excluding steroid dienone is 9. The van der Waals surface area contributed by atoms with E-state index in [0.717, 1.165) is 70.6 Å². The fraction of sp³-hybridized carbons (Fsp3) is 0.467. The maximum absolute atomic E-state index is 11.8. The number of unbranched alkanes of at least 4 members (excludes halogenated alkanes) is 6. The fourth-order valence-corrected chi connectivity index (χ4v) is 15.7. The Morgan fingerprint density at radius 3 is 2.25 bits per heavy atom. The van der Waals surface area contributed by atoms with E-state index in [1.807, 2.05) is 22.3 Å². The molecule has 0 heterocycles. The van der Waals surface area contributed by atoms with Crippen LogP contribution in [0.2, 0.25) is 0 Å². The topological polar surface area (TPSA) is 52.6 Å². The van der Waals surface area contributed by atoms with E-state index in [4.69, 9.17) is 9.47 Å². The number of methoxy groups -OCH3 is 2. The number of fused-ring (bicyclic) bond motifs is 5. The molecule has 10 aliphatic carbocycles. The fourth-order valence-electron chi connectivity index (χ4n) is 15.7. The highest BCUT2D eigenvalue weighted by molar-refractivity contribution is 6.23. The summed E-state index contributed by atoms with van der Waals surface area (Å²) in [6, 6.07) is 2.69. The Morgan fingerprint density at radius 2 is 1.45 bits per heavy atom. The van der Waals surface area contributed by atoms with E-state index in [1.165, 1.54) is 63.9 Å². The summed E-state index contributed by atoms with van der Waals surface area (Å²) in [6.45, 7) is 4.37. The van der Waals surface area contributed by atoms with Crippen molar-refractivity contribution in [2.24, 2.45) is 11.8 Å². The van der Waals surface area contributed by atoms with Crippen molar-refractivity contribution in [3.8, 4) is 22.3 Å². The first-order valence-electron chi connectivity index (χ1n) is 25.4. The van der Waals surface area contributed by atoms with Crippen molar-refractivity contribution in [1.82, 2.24) is 0 Å². The highest BCUT2D eigenvalue weighted by Crippen LogP contribution is 2.73. The molecule has 0 aliphatic heterocycles. The van der Waals surface area contributed by atoms with Gasteiger partial charge >= 0.3 is 11.9 Å². The van der Waals surface area contributed by atoms with Gasteiger partial charge in [-0.3, -0.25) is 9.59 Å². The molecule has 4 nitrogen and oxygen atoms in total. The molecule has 0 spiro atoms. The summed E-state index contributed by atoms with van der Waals surface area (Å²) >= 11 is 0. The predicted molar refractivity (Wildman–Crippen MR) is 259 cm³/mol. The van der Waals surface area contributed by atoms with Gasteiger partial charge in [-0.1, -0.05) is 109 Å². The molecular formula is C60H62O4. The lowest BCUT2D eigenvalue weighted by Gasteiger charge is -2.40. The third kappa shape index (κ3) is 5.41. The monoisotopic (exact) mass is 846 g/mol. The van der Waals surface area contributed by atoms with Gasteiger partial charge in [-0.05, 0) is 189 Å². The van der Waals surface area contributed by atoms with Crippen LogP contribution in [0, 0.1) is 11.8 Å². The third-order valence-electron chi connectivity index (χ3n) is 18.1. The molecule has 0 aromatic heterocycles. The number of hydrogen-bond acceptors (Lipinski definition) is 4. The van der Waals surface area contributed by atoms with Crippen LogP contribution in [-0.2, 0) is 19.1 Å². The van der Waals surface area contributed by atoms with Gasteiger partial charge in [0.05, 0.1) is 14.2 Å². The van der Waals surface area contributed by atoms with E-state index in [9.17, 15) is 9.59 Å². The molecule has 0 N–H and O–H groups in total. The second-order valence-corrected chi connectivity index (χ2v) is 21.1. The number of ether oxygens (including phenoxy) is 2. The lowest BCUT2D eigenvalue weighted by Crippen LogP contribution is -2.44. The second kappa shape index (κ2) is 15.0. The summed E-state index contributed by atoms with van der Waals surface area (Å²) in [4.78, 5) is 23.2. The molecule has 0 amide bonds. The first-order chi connectivity index (χ1) is 31.5. The van der Waals surface area contributed by atoms with Gasteiger partial charge in [0, 0.05) is 36.5 Å². The van der Waals surface area contributed by atoms with E-state index in [-0.39, 0.29) is 11.9 Å². The summed E-state index contributed by atoms with van der Waals surface area (Å²) in [6.07, 6.45) is 40.1. The van der Waals surface area contributed by atoms with E-state index in [2.05, 4.69) is 61.3 Å². The zero-order chi connectivity index (χ0) is 43.0. The molecule has 3 aromatic rings. The summed E-state index contributed by atoms with van der Waals surface area (Å²) in [7, 11) is 2.95. The lowest BCUT2D eigenvalue weighted by atomic mass is 9.63. The second-order valence-electron chi connectivity index (χ2n) is 21.1. The maximum Gasteiger partial charge on any atom is 0.305 e. The average molecular weight is 847 g/mol. The van der Waals surface area contributed by atoms with Gasteiger partial charge in [0.25, 0.3) is 0 Å². The molecule has 7 atom stereocenters. The van der Waals surface area contributed by atoms with Crippen molar-refractivity contribution in [2.45, 2.75) is 152 Å². The van der Waals surface area contributed by atoms with E-state index in [1.54, 1.807) is 76.2 Å². The highest BCUT2D eigenvalue weighted by Gasteiger charge is 2.59. The molecule has 7 unspecified atom stereocenters. The Balaban J connectivity index is 0.854. The minimum Gasteiger partial charge on any atom is -0.469 e. The quantitative estimate of drug-likeness (QED) is 0.0408. The van der Waals surface area contributed by atoms with Crippen molar-refractivity contribution >= 4 is 45.5 Å². The number of rotatable bonds is 19.